The third-order valence-corrected chi connectivity index (χ3v) is 3.20. The second-order valence-corrected chi connectivity index (χ2v) is 5.15. The largest absolute Gasteiger partial charge is 0.466 e. The van der Waals surface area contributed by atoms with Crippen LogP contribution in [0.5, 0.6) is 0 Å². The van der Waals surface area contributed by atoms with Crippen LogP contribution in [0.4, 0.5) is 0 Å². The van der Waals surface area contributed by atoms with Gasteiger partial charge in [-0.25, -0.2) is 0 Å². The molecule has 3 heteroatoms. The highest BCUT2D eigenvalue weighted by Gasteiger charge is 2.01. The molecule has 1 atom stereocenters. The van der Waals surface area contributed by atoms with E-state index in [0.717, 1.165) is 19.3 Å². The van der Waals surface area contributed by atoms with Crippen molar-refractivity contribution in [2.24, 2.45) is 5.73 Å². The number of carbonyl (C=O) groups is 1. The van der Waals surface area contributed by atoms with Crippen molar-refractivity contribution in [1.82, 2.24) is 0 Å². The van der Waals surface area contributed by atoms with Crippen molar-refractivity contribution in [2.45, 2.75) is 84.1 Å². The van der Waals surface area contributed by atoms with E-state index >= 15 is 0 Å². The summed E-state index contributed by atoms with van der Waals surface area (Å²) in [6, 6.07) is 0.401. The van der Waals surface area contributed by atoms with Gasteiger partial charge in [0.1, 0.15) is 0 Å². The van der Waals surface area contributed by atoms with Crippen molar-refractivity contribution in [3.63, 3.8) is 0 Å². The van der Waals surface area contributed by atoms with Gasteiger partial charge in [0.2, 0.25) is 0 Å². The highest BCUT2D eigenvalue weighted by atomic mass is 16.5. The number of unbranched alkanes of at least 4 members (excludes halogenated alkanes) is 6. The van der Waals surface area contributed by atoms with Gasteiger partial charge in [-0.15, -0.1) is 0 Å². The van der Waals surface area contributed by atoms with Crippen LogP contribution >= 0.6 is 0 Å². The zero-order valence-corrected chi connectivity index (χ0v) is 12.2. The molecular weight excluding hydrogens is 226 g/mol. The monoisotopic (exact) mass is 257 g/mol. The number of esters is 1. The van der Waals surface area contributed by atoms with E-state index in [1.54, 1.807) is 0 Å². The first-order valence-corrected chi connectivity index (χ1v) is 7.55. The highest BCUT2D eigenvalue weighted by Crippen LogP contribution is 2.10. The molecule has 0 aliphatic carbocycles. The molecule has 1 unspecified atom stereocenters. The quantitative estimate of drug-likeness (QED) is 0.427. The minimum absolute atomic E-state index is 0.173. The summed E-state index contributed by atoms with van der Waals surface area (Å²) in [6.07, 6.45) is 12.1. The zero-order valence-electron chi connectivity index (χ0n) is 12.2. The SMILES string of the molecule is CCCCCC(N)CCCCCCCOC(C)=O. The number of rotatable bonds is 12. The van der Waals surface area contributed by atoms with Gasteiger partial charge in [0, 0.05) is 13.0 Å². The molecule has 0 fully saturated rings. The Morgan fingerprint density at radius 3 is 2.17 bits per heavy atom. The molecule has 0 spiro atoms. The minimum Gasteiger partial charge on any atom is -0.466 e. The van der Waals surface area contributed by atoms with Gasteiger partial charge in [0.15, 0.2) is 0 Å². The molecule has 2 N–H and O–H groups in total. The van der Waals surface area contributed by atoms with Crippen molar-refractivity contribution in [1.29, 1.82) is 0 Å². The predicted octanol–water partition coefficient (Wildman–Crippen LogP) is 3.80. The molecule has 0 aromatic rings. The Hall–Kier alpha value is -0.570. The van der Waals surface area contributed by atoms with E-state index in [0.29, 0.717) is 12.6 Å². The summed E-state index contributed by atoms with van der Waals surface area (Å²) in [5, 5.41) is 0. The minimum atomic E-state index is -0.173. The number of hydrogen-bond donors (Lipinski definition) is 1. The smallest absolute Gasteiger partial charge is 0.302 e. The maximum Gasteiger partial charge on any atom is 0.302 e. The van der Waals surface area contributed by atoms with Crippen LogP contribution < -0.4 is 5.73 Å². The molecular formula is C15H31NO2. The molecule has 3 nitrogen and oxygen atoms in total. The van der Waals surface area contributed by atoms with Crippen LogP contribution in [0, 0.1) is 0 Å². The maximum atomic E-state index is 10.5. The Labute approximate surface area is 112 Å². The summed E-state index contributed by atoms with van der Waals surface area (Å²) in [5.74, 6) is -0.173. The lowest BCUT2D eigenvalue weighted by molar-refractivity contribution is -0.141. The Morgan fingerprint density at radius 2 is 1.56 bits per heavy atom. The predicted molar refractivity (Wildman–Crippen MR) is 76.5 cm³/mol. The second-order valence-electron chi connectivity index (χ2n) is 5.15. The molecule has 0 bridgehead atoms. The van der Waals surface area contributed by atoms with E-state index < -0.39 is 0 Å². The van der Waals surface area contributed by atoms with Crippen LogP contribution in [-0.4, -0.2) is 18.6 Å². The number of ether oxygens (including phenoxy) is 1. The fourth-order valence-corrected chi connectivity index (χ4v) is 2.06. The average molecular weight is 257 g/mol. The first kappa shape index (κ1) is 17.4. The Morgan fingerprint density at radius 1 is 1.00 bits per heavy atom. The Bertz CT molecular complexity index is 195. The van der Waals surface area contributed by atoms with Crippen LogP contribution in [0.2, 0.25) is 0 Å². The van der Waals surface area contributed by atoms with Gasteiger partial charge < -0.3 is 10.5 Å². The van der Waals surface area contributed by atoms with Crippen LogP contribution in [-0.2, 0) is 9.53 Å². The summed E-state index contributed by atoms with van der Waals surface area (Å²) in [4.78, 5) is 10.5. The summed E-state index contributed by atoms with van der Waals surface area (Å²) in [5.41, 5.74) is 6.05. The van der Waals surface area contributed by atoms with Crippen molar-refractivity contribution in [3.05, 3.63) is 0 Å². The van der Waals surface area contributed by atoms with E-state index in [1.807, 2.05) is 0 Å². The zero-order chi connectivity index (χ0) is 13.6. The normalized spacial score (nSPS) is 12.4. The fraction of sp³-hybridized carbons (Fsp3) is 0.933. The van der Waals surface area contributed by atoms with Gasteiger partial charge in [-0.1, -0.05) is 51.9 Å². The van der Waals surface area contributed by atoms with Crippen molar-refractivity contribution >= 4 is 5.97 Å². The molecule has 0 saturated carbocycles. The molecule has 0 saturated heterocycles. The van der Waals surface area contributed by atoms with Gasteiger partial charge in [-0.2, -0.15) is 0 Å². The molecule has 0 heterocycles. The van der Waals surface area contributed by atoms with Gasteiger partial charge in [-0.05, 0) is 19.3 Å². The van der Waals surface area contributed by atoms with Crippen LogP contribution in [0.1, 0.15) is 78.1 Å². The van der Waals surface area contributed by atoms with E-state index in [1.165, 1.54) is 51.9 Å². The van der Waals surface area contributed by atoms with Crippen molar-refractivity contribution in [2.75, 3.05) is 6.61 Å². The van der Waals surface area contributed by atoms with E-state index in [9.17, 15) is 4.79 Å². The van der Waals surface area contributed by atoms with Crippen LogP contribution in [0.25, 0.3) is 0 Å². The molecule has 0 radical (unpaired) electrons. The molecule has 18 heavy (non-hydrogen) atoms. The number of carbonyl (C=O) groups excluding carboxylic acids is 1. The van der Waals surface area contributed by atoms with Gasteiger partial charge >= 0.3 is 5.97 Å². The highest BCUT2D eigenvalue weighted by molar-refractivity contribution is 5.65. The van der Waals surface area contributed by atoms with Crippen molar-refractivity contribution < 1.29 is 9.53 Å². The molecule has 0 aromatic carbocycles. The summed E-state index contributed by atoms with van der Waals surface area (Å²) in [7, 11) is 0. The third kappa shape index (κ3) is 13.5. The standard InChI is InChI=1S/C15H31NO2/c1-3-4-8-11-15(16)12-9-6-5-7-10-13-18-14(2)17/h15H,3-13,16H2,1-2H3. The first-order chi connectivity index (χ1) is 8.66. The summed E-state index contributed by atoms with van der Waals surface area (Å²) < 4.78 is 4.88. The lowest BCUT2D eigenvalue weighted by atomic mass is 10.0. The number of nitrogens with two attached hydrogens (primary N) is 1. The Balaban J connectivity index is 3.12. The molecule has 0 rings (SSSR count). The van der Waals surface area contributed by atoms with Gasteiger partial charge in [0.25, 0.3) is 0 Å². The fourth-order valence-electron chi connectivity index (χ4n) is 2.06. The summed E-state index contributed by atoms with van der Waals surface area (Å²) >= 11 is 0. The molecule has 0 aliphatic heterocycles. The van der Waals surface area contributed by atoms with Crippen LogP contribution in [0.15, 0.2) is 0 Å². The van der Waals surface area contributed by atoms with Crippen LogP contribution in [0.3, 0.4) is 0 Å². The third-order valence-electron chi connectivity index (χ3n) is 3.20. The molecule has 108 valence electrons. The van der Waals surface area contributed by atoms with E-state index in [4.69, 9.17) is 10.5 Å². The lowest BCUT2D eigenvalue weighted by Gasteiger charge is -2.10. The molecule has 0 amide bonds. The summed E-state index contributed by atoms with van der Waals surface area (Å²) in [6.45, 7) is 4.26. The maximum absolute atomic E-state index is 10.5. The van der Waals surface area contributed by atoms with E-state index in [-0.39, 0.29) is 5.97 Å². The lowest BCUT2D eigenvalue weighted by Crippen LogP contribution is -2.19. The van der Waals surface area contributed by atoms with E-state index in [2.05, 4.69) is 6.92 Å². The van der Waals surface area contributed by atoms with Gasteiger partial charge in [-0.3, -0.25) is 4.79 Å². The number of hydrogen-bond acceptors (Lipinski definition) is 3. The first-order valence-electron chi connectivity index (χ1n) is 7.55. The second kappa shape index (κ2) is 12.9. The molecule has 0 aromatic heterocycles. The van der Waals surface area contributed by atoms with Gasteiger partial charge in [0.05, 0.1) is 6.61 Å². The Kier molecular flexibility index (Phi) is 12.5. The molecule has 0 aliphatic rings. The topological polar surface area (TPSA) is 52.3 Å². The van der Waals surface area contributed by atoms with Crippen molar-refractivity contribution in [3.8, 4) is 0 Å². The average Bonchev–Trinajstić information content (AvgIpc) is 2.32.